The van der Waals surface area contributed by atoms with Crippen LogP contribution in [0.3, 0.4) is 0 Å². The highest BCUT2D eigenvalue weighted by atomic mass is 16.5. The van der Waals surface area contributed by atoms with E-state index in [1.165, 1.54) is 18.4 Å². The number of benzene rings is 1. The molecule has 1 N–H and O–H groups in total. The van der Waals surface area contributed by atoms with Crippen LogP contribution in [-0.2, 0) is 16.0 Å². The van der Waals surface area contributed by atoms with Crippen molar-refractivity contribution in [2.75, 3.05) is 20.8 Å². The maximum atomic E-state index is 12.0. The quantitative estimate of drug-likeness (QED) is 0.679. The minimum Gasteiger partial charge on any atom is -0.493 e. The fourth-order valence-electron chi connectivity index (χ4n) is 3.85. The van der Waals surface area contributed by atoms with E-state index >= 15 is 0 Å². The Morgan fingerprint density at radius 2 is 1.88 bits per heavy atom. The van der Waals surface area contributed by atoms with E-state index in [0.29, 0.717) is 12.4 Å². The molecule has 5 heteroatoms. The van der Waals surface area contributed by atoms with Crippen LogP contribution in [-0.4, -0.2) is 32.3 Å². The smallest absolute Gasteiger partial charge is 0.332 e. The number of hydrogen-bond acceptors (Lipinski definition) is 5. The minimum absolute atomic E-state index is 0.0327. The molecular weight excluding hydrogens is 306 g/mol. The predicted molar refractivity (Wildman–Crippen MR) is 92.2 cm³/mol. The summed E-state index contributed by atoms with van der Waals surface area (Å²) < 4.78 is 16.0. The SMILES string of the molecule is CCOC(=O)/C=C1\NC2(CCCC2)Cc2cc(OC)c(OC)cc21. The van der Waals surface area contributed by atoms with Crippen molar-refractivity contribution >= 4 is 11.7 Å². The minimum atomic E-state index is -0.323. The van der Waals surface area contributed by atoms with Crippen LogP contribution in [0.15, 0.2) is 18.2 Å². The van der Waals surface area contributed by atoms with Gasteiger partial charge in [0.25, 0.3) is 0 Å². The summed E-state index contributed by atoms with van der Waals surface area (Å²) in [5.74, 6) is 1.06. The van der Waals surface area contributed by atoms with Gasteiger partial charge in [0.15, 0.2) is 11.5 Å². The van der Waals surface area contributed by atoms with E-state index in [-0.39, 0.29) is 11.5 Å². The van der Waals surface area contributed by atoms with E-state index in [0.717, 1.165) is 36.3 Å². The molecule has 1 heterocycles. The third-order valence-corrected chi connectivity index (χ3v) is 4.94. The zero-order chi connectivity index (χ0) is 17.2. The first kappa shape index (κ1) is 16.7. The highest BCUT2D eigenvalue weighted by molar-refractivity contribution is 5.92. The third-order valence-electron chi connectivity index (χ3n) is 4.94. The molecule has 1 aliphatic carbocycles. The van der Waals surface area contributed by atoms with Crippen LogP contribution in [0.25, 0.3) is 5.70 Å². The normalized spacial score (nSPS) is 19.7. The molecule has 24 heavy (non-hydrogen) atoms. The highest BCUT2D eigenvalue weighted by Crippen LogP contribution is 2.43. The van der Waals surface area contributed by atoms with E-state index in [9.17, 15) is 4.79 Å². The van der Waals surface area contributed by atoms with Gasteiger partial charge in [0.05, 0.1) is 20.8 Å². The molecule has 1 aromatic carbocycles. The van der Waals surface area contributed by atoms with Gasteiger partial charge in [0.1, 0.15) is 0 Å². The van der Waals surface area contributed by atoms with E-state index in [1.54, 1.807) is 20.3 Å². The van der Waals surface area contributed by atoms with Gasteiger partial charge in [-0.15, -0.1) is 0 Å². The van der Waals surface area contributed by atoms with Crippen LogP contribution in [0.4, 0.5) is 0 Å². The van der Waals surface area contributed by atoms with Gasteiger partial charge in [-0.25, -0.2) is 4.79 Å². The van der Waals surface area contributed by atoms with Crippen LogP contribution in [0, 0.1) is 0 Å². The fraction of sp³-hybridized carbons (Fsp3) is 0.526. The second-order valence-electron chi connectivity index (χ2n) is 6.46. The van der Waals surface area contributed by atoms with Gasteiger partial charge < -0.3 is 19.5 Å². The molecule has 1 aromatic rings. The number of methoxy groups -OCH3 is 2. The van der Waals surface area contributed by atoms with Crippen molar-refractivity contribution in [3.63, 3.8) is 0 Å². The van der Waals surface area contributed by atoms with Crippen molar-refractivity contribution in [2.24, 2.45) is 0 Å². The Bertz CT molecular complexity index is 660. The zero-order valence-electron chi connectivity index (χ0n) is 14.6. The molecule has 3 rings (SSSR count). The first-order chi connectivity index (χ1) is 11.6. The number of carbonyl (C=O) groups is 1. The molecule has 2 aliphatic rings. The van der Waals surface area contributed by atoms with Gasteiger partial charge in [-0.1, -0.05) is 12.8 Å². The van der Waals surface area contributed by atoms with Crippen molar-refractivity contribution in [2.45, 2.75) is 44.6 Å². The lowest BCUT2D eigenvalue weighted by Crippen LogP contribution is -2.47. The fourth-order valence-corrected chi connectivity index (χ4v) is 3.85. The van der Waals surface area contributed by atoms with Crippen molar-refractivity contribution < 1.29 is 19.0 Å². The molecule has 0 bridgehead atoms. The molecule has 130 valence electrons. The number of fused-ring (bicyclic) bond motifs is 1. The number of esters is 1. The van der Waals surface area contributed by atoms with E-state index < -0.39 is 0 Å². The lowest BCUT2D eigenvalue weighted by atomic mass is 9.81. The first-order valence-corrected chi connectivity index (χ1v) is 8.53. The number of carbonyl (C=O) groups excluding carboxylic acids is 1. The lowest BCUT2D eigenvalue weighted by Gasteiger charge is -2.38. The molecule has 0 unspecified atom stereocenters. The molecule has 5 nitrogen and oxygen atoms in total. The van der Waals surface area contributed by atoms with Gasteiger partial charge in [0, 0.05) is 22.9 Å². The van der Waals surface area contributed by atoms with E-state index in [2.05, 4.69) is 5.32 Å². The van der Waals surface area contributed by atoms with Gasteiger partial charge in [-0.3, -0.25) is 0 Å². The Hall–Kier alpha value is -2.17. The summed E-state index contributed by atoms with van der Waals surface area (Å²) in [6.07, 6.45) is 7.14. The molecule has 1 aliphatic heterocycles. The monoisotopic (exact) mass is 331 g/mol. The number of rotatable bonds is 4. The van der Waals surface area contributed by atoms with Crippen molar-refractivity contribution in [3.05, 3.63) is 29.3 Å². The van der Waals surface area contributed by atoms with E-state index in [4.69, 9.17) is 14.2 Å². The van der Waals surface area contributed by atoms with Crippen LogP contribution in [0.2, 0.25) is 0 Å². The molecule has 0 saturated heterocycles. The Kier molecular flexibility index (Phi) is 4.69. The molecule has 0 radical (unpaired) electrons. The van der Waals surface area contributed by atoms with Crippen LogP contribution in [0.1, 0.15) is 43.7 Å². The lowest BCUT2D eigenvalue weighted by molar-refractivity contribution is -0.137. The van der Waals surface area contributed by atoms with Crippen LogP contribution >= 0.6 is 0 Å². The second-order valence-corrected chi connectivity index (χ2v) is 6.46. The predicted octanol–water partition coefficient (Wildman–Crippen LogP) is 3.07. The van der Waals surface area contributed by atoms with Gasteiger partial charge in [0.2, 0.25) is 0 Å². The van der Waals surface area contributed by atoms with Crippen LogP contribution < -0.4 is 14.8 Å². The number of hydrogen-bond donors (Lipinski definition) is 1. The summed E-state index contributed by atoms with van der Waals surface area (Å²) in [5.41, 5.74) is 3.02. The standard InChI is InChI=1S/C19H25NO4/c1-4-24-18(21)11-15-14-10-17(23-3)16(22-2)9-13(14)12-19(20-15)7-5-6-8-19/h9-11,20H,4-8,12H2,1-3H3/b15-11-. The largest absolute Gasteiger partial charge is 0.493 e. The molecule has 1 spiro atoms. The Labute approximate surface area is 143 Å². The summed E-state index contributed by atoms with van der Waals surface area (Å²) in [5, 5.41) is 3.63. The molecular formula is C19H25NO4. The highest BCUT2D eigenvalue weighted by Gasteiger charge is 2.39. The third kappa shape index (κ3) is 3.07. The molecule has 1 fully saturated rings. The van der Waals surface area contributed by atoms with Crippen molar-refractivity contribution in [1.29, 1.82) is 0 Å². The summed E-state index contributed by atoms with van der Waals surface area (Å²) >= 11 is 0. The van der Waals surface area contributed by atoms with Gasteiger partial charge in [-0.05, 0) is 43.9 Å². The Morgan fingerprint density at radius 3 is 2.50 bits per heavy atom. The molecule has 0 atom stereocenters. The summed E-state index contributed by atoms with van der Waals surface area (Å²) in [6.45, 7) is 2.18. The number of nitrogens with one attached hydrogen (secondary N) is 1. The molecule has 0 amide bonds. The zero-order valence-corrected chi connectivity index (χ0v) is 14.6. The summed E-state index contributed by atoms with van der Waals surface area (Å²) in [7, 11) is 3.26. The van der Waals surface area contributed by atoms with Gasteiger partial charge >= 0.3 is 5.97 Å². The maximum absolute atomic E-state index is 12.0. The van der Waals surface area contributed by atoms with Crippen molar-refractivity contribution in [3.8, 4) is 11.5 Å². The first-order valence-electron chi connectivity index (χ1n) is 8.53. The average Bonchev–Trinajstić information content (AvgIpc) is 3.01. The average molecular weight is 331 g/mol. The summed E-state index contributed by atoms with van der Waals surface area (Å²) in [4.78, 5) is 12.0. The van der Waals surface area contributed by atoms with Crippen molar-refractivity contribution in [1.82, 2.24) is 5.32 Å². The molecule has 0 aromatic heterocycles. The number of ether oxygens (including phenoxy) is 3. The van der Waals surface area contributed by atoms with E-state index in [1.807, 2.05) is 19.1 Å². The Balaban J connectivity index is 2.07. The maximum Gasteiger partial charge on any atom is 0.332 e. The Morgan fingerprint density at radius 1 is 1.21 bits per heavy atom. The topological polar surface area (TPSA) is 56.8 Å². The van der Waals surface area contributed by atoms with Crippen LogP contribution in [0.5, 0.6) is 11.5 Å². The van der Waals surface area contributed by atoms with Gasteiger partial charge in [-0.2, -0.15) is 0 Å². The summed E-state index contributed by atoms with van der Waals surface area (Å²) in [6, 6.07) is 3.97. The second kappa shape index (κ2) is 6.75. The molecule has 1 saturated carbocycles.